The van der Waals surface area contributed by atoms with Gasteiger partial charge in [0, 0.05) is 0 Å². The molecule has 0 bridgehead atoms. The summed E-state index contributed by atoms with van der Waals surface area (Å²) in [7, 11) is -2.33. The highest BCUT2D eigenvalue weighted by Crippen LogP contribution is 2.16. The van der Waals surface area contributed by atoms with Crippen LogP contribution in [0.15, 0.2) is 45.7 Å². The molecule has 1 saturated heterocycles. The van der Waals surface area contributed by atoms with Crippen LogP contribution in [0.3, 0.4) is 0 Å². The van der Waals surface area contributed by atoms with Gasteiger partial charge < -0.3 is 14.1 Å². The number of nitrogens with one attached hydrogen (secondary N) is 1. The van der Waals surface area contributed by atoms with Crippen molar-refractivity contribution in [1.82, 2.24) is 4.31 Å². The largest absolute Gasteiger partial charge is 0.463 e. The van der Waals surface area contributed by atoms with Gasteiger partial charge in [0.1, 0.15) is 12.4 Å². The molecule has 140 valence electrons. The van der Waals surface area contributed by atoms with Gasteiger partial charge in [0.2, 0.25) is 15.8 Å². The highest BCUT2D eigenvalue weighted by molar-refractivity contribution is 7.89. The van der Waals surface area contributed by atoms with Crippen molar-refractivity contribution in [2.45, 2.75) is 11.4 Å². The Hall–Kier alpha value is -2.23. The monoisotopic (exact) mass is 383 g/mol. The Kier molecular flexibility index (Phi) is 5.40. The first-order valence-electron chi connectivity index (χ1n) is 8.16. The number of rotatable bonds is 5. The third kappa shape index (κ3) is 3.95. The fourth-order valence-corrected chi connectivity index (χ4v) is 4.35. The molecule has 0 aliphatic carbocycles. The summed E-state index contributed by atoms with van der Waals surface area (Å²) in [6.45, 7) is 2.49. The number of furan rings is 1. The van der Waals surface area contributed by atoms with Gasteiger partial charge in [-0.15, -0.1) is 0 Å². The van der Waals surface area contributed by atoms with Crippen LogP contribution in [0.25, 0.3) is 0 Å². The maximum Gasteiger partial charge on any atom is 0.373 e. The van der Waals surface area contributed by atoms with Gasteiger partial charge in [0.05, 0.1) is 38.2 Å². The Morgan fingerprint density at radius 3 is 2.46 bits per heavy atom. The van der Waals surface area contributed by atoms with Gasteiger partial charge in [-0.25, -0.2) is 17.6 Å². The minimum absolute atomic E-state index is 0.0936. The second-order valence-corrected chi connectivity index (χ2v) is 7.98. The van der Waals surface area contributed by atoms with E-state index in [0.717, 1.165) is 17.0 Å². The van der Waals surface area contributed by atoms with E-state index in [0.29, 0.717) is 38.5 Å². The molecule has 0 radical (unpaired) electrons. The number of carbonyl (C=O) groups excluding carboxylic acids is 1. The van der Waals surface area contributed by atoms with E-state index in [1.807, 2.05) is 0 Å². The number of hydrogen-bond acceptors (Lipinski definition) is 5. The van der Waals surface area contributed by atoms with Gasteiger partial charge in [0.25, 0.3) is 0 Å². The lowest BCUT2D eigenvalue weighted by Crippen LogP contribution is -3.13. The van der Waals surface area contributed by atoms with E-state index in [4.69, 9.17) is 4.42 Å². The van der Waals surface area contributed by atoms with Crippen molar-refractivity contribution < 1.29 is 31.7 Å². The molecular formula is C17H20FN2O5S+. The molecule has 1 N–H and O–H groups in total. The van der Waals surface area contributed by atoms with Crippen LogP contribution in [0.5, 0.6) is 0 Å². The van der Waals surface area contributed by atoms with Crippen molar-refractivity contribution in [1.29, 1.82) is 0 Å². The van der Waals surface area contributed by atoms with Crippen molar-refractivity contribution in [2.75, 3.05) is 33.3 Å². The summed E-state index contributed by atoms with van der Waals surface area (Å²) < 4.78 is 49.7. The molecule has 0 saturated carbocycles. The molecule has 26 heavy (non-hydrogen) atoms. The number of benzene rings is 1. The molecule has 0 spiro atoms. The maximum atomic E-state index is 13.0. The number of halogens is 1. The Bertz CT molecular complexity index is 871. The van der Waals surface area contributed by atoms with E-state index in [2.05, 4.69) is 4.74 Å². The number of esters is 1. The van der Waals surface area contributed by atoms with E-state index >= 15 is 0 Å². The lowest BCUT2D eigenvalue weighted by atomic mass is 10.3. The van der Waals surface area contributed by atoms with Gasteiger partial charge in [-0.1, -0.05) is 0 Å². The number of sulfonamides is 1. The van der Waals surface area contributed by atoms with Crippen LogP contribution in [0.4, 0.5) is 4.39 Å². The van der Waals surface area contributed by atoms with Crippen molar-refractivity contribution in [3.8, 4) is 0 Å². The van der Waals surface area contributed by atoms with Crippen molar-refractivity contribution in [3.63, 3.8) is 0 Å². The molecule has 2 aromatic rings. The minimum Gasteiger partial charge on any atom is -0.463 e. The zero-order valence-corrected chi connectivity index (χ0v) is 15.1. The van der Waals surface area contributed by atoms with Crippen LogP contribution in [-0.2, 0) is 21.3 Å². The Morgan fingerprint density at radius 2 is 1.85 bits per heavy atom. The van der Waals surface area contributed by atoms with Crippen LogP contribution < -0.4 is 4.90 Å². The molecule has 9 heteroatoms. The summed E-state index contributed by atoms with van der Waals surface area (Å²) in [6.07, 6.45) is 0. The number of quaternary nitrogens is 1. The van der Waals surface area contributed by atoms with Crippen LogP contribution in [0.1, 0.15) is 16.3 Å². The Labute approximate surface area is 151 Å². The average Bonchev–Trinajstić information content (AvgIpc) is 3.10. The summed E-state index contributed by atoms with van der Waals surface area (Å²) in [5.41, 5.74) is 0. The summed E-state index contributed by atoms with van der Waals surface area (Å²) in [4.78, 5) is 12.7. The highest BCUT2D eigenvalue weighted by atomic mass is 32.2. The predicted octanol–water partition coefficient (Wildman–Crippen LogP) is 0.295. The number of carbonyl (C=O) groups is 1. The van der Waals surface area contributed by atoms with E-state index in [-0.39, 0.29) is 10.7 Å². The molecular weight excluding hydrogens is 363 g/mol. The Morgan fingerprint density at radius 1 is 1.19 bits per heavy atom. The first-order valence-corrected chi connectivity index (χ1v) is 9.60. The highest BCUT2D eigenvalue weighted by Gasteiger charge is 2.30. The summed E-state index contributed by atoms with van der Waals surface area (Å²) in [5, 5.41) is 0. The third-order valence-electron chi connectivity index (χ3n) is 4.35. The quantitative estimate of drug-likeness (QED) is 0.751. The van der Waals surface area contributed by atoms with Crippen molar-refractivity contribution in [3.05, 3.63) is 53.7 Å². The van der Waals surface area contributed by atoms with Gasteiger partial charge in [-0.05, 0) is 36.4 Å². The fourth-order valence-electron chi connectivity index (χ4n) is 2.90. The first-order chi connectivity index (χ1) is 12.4. The van der Waals surface area contributed by atoms with E-state index < -0.39 is 21.8 Å². The van der Waals surface area contributed by atoms with Gasteiger partial charge >= 0.3 is 5.97 Å². The second-order valence-electron chi connectivity index (χ2n) is 6.04. The summed E-state index contributed by atoms with van der Waals surface area (Å²) >= 11 is 0. The first kappa shape index (κ1) is 18.6. The SMILES string of the molecule is COC(=O)c1ccc(C[NH+]2CCN(S(=O)(=O)c3ccc(F)cc3)CC2)o1. The number of ether oxygens (including phenoxy) is 1. The van der Waals surface area contributed by atoms with Crippen LogP contribution >= 0.6 is 0 Å². The summed E-state index contributed by atoms with van der Waals surface area (Å²) in [5.74, 6) is -0.195. The molecule has 1 aliphatic heterocycles. The maximum absolute atomic E-state index is 13.0. The van der Waals surface area contributed by atoms with E-state index in [9.17, 15) is 17.6 Å². The third-order valence-corrected chi connectivity index (χ3v) is 6.27. The topological polar surface area (TPSA) is 81.3 Å². The molecule has 0 atom stereocenters. The molecule has 3 rings (SSSR count). The lowest BCUT2D eigenvalue weighted by Gasteiger charge is -2.31. The molecule has 2 heterocycles. The van der Waals surface area contributed by atoms with Crippen molar-refractivity contribution >= 4 is 16.0 Å². The van der Waals surface area contributed by atoms with Crippen molar-refractivity contribution in [2.24, 2.45) is 0 Å². The molecule has 1 aromatic carbocycles. The Balaban J connectivity index is 1.59. The number of methoxy groups -OCH3 is 1. The van der Waals surface area contributed by atoms with Gasteiger partial charge in [0.15, 0.2) is 5.76 Å². The van der Waals surface area contributed by atoms with Crippen LogP contribution in [0, 0.1) is 5.82 Å². The fraction of sp³-hybridized carbons (Fsp3) is 0.353. The lowest BCUT2D eigenvalue weighted by molar-refractivity contribution is -0.918. The predicted molar refractivity (Wildman–Crippen MR) is 89.6 cm³/mol. The molecule has 0 amide bonds. The molecule has 1 aliphatic rings. The average molecular weight is 383 g/mol. The van der Waals surface area contributed by atoms with E-state index in [1.54, 1.807) is 12.1 Å². The molecule has 1 fully saturated rings. The second kappa shape index (κ2) is 7.56. The van der Waals surface area contributed by atoms with Gasteiger partial charge in [-0.2, -0.15) is 4.31 Å². The smallest absolute Gasteiger partial charge is 0.373 e. The normalized spacial score (nSPS) is 16.5. The number of piperazine rings is 1. The zero-order chi connectivity index (χ0) is 18.7. The number of hydrogen-bond donors (Lipinski definition) is 1. The molecule has 7 nitrogen and oxygen atoms in total. The molecule has 0 unspecified atom stereocenters. The summed E-state index contributed by atoms with van der Waals surface area (Å²) in [6, 6.07) is 8.13. The van der Waals surface area contributed by atoms with E-state index in [1.165, 1.54) is 23.5 Å². The van der Waals surface area contributed by atoms with Crippen LogP contribution in [0.2, 0.25) is 0 Å². The minimum atomic E-state index is -3.62. The molecule has 1 aromatic heterocycles. The van der Waals surface area contributed by atoms with Crippen LogP contribution in [-0.4, -0.2) is 52.0 Å². The standard InChI is InChI=1S/C17H19FN2O5S/c1-24-17(21)16-7-4-14(25-16)12-19-8-10-20(11-9-19)26(22,23)15-5-2-13(18)3-6-15/h2-7H,8-12H2,1H3/p+1. The zero-order valence-electron chi connectivity index (χ0n) is 14.3. The number of nitrogens with zero attached hydrogens (tertiary/aromatic N) is 1. The van der Waals surface area contributed by atoms with Gasteiger partial charge in [-0.3, -0.25) is 0 Å².